The van der Waals surface area contributed by atoms with Gasteiger partial charge in [-0.25, -0.2) is 4.79 Å². The van der Waals surface area contributed by atoms with Gasteiger partial charge in [0.2, 0.25) is 0 Å². The molecule has 1 amide bonds. The van der Waals surface area contributed by atoms with Crippen LogP contribution in [0.4, 0.5) is 0 Å². The van der Waals surface area contributed by atoms with Crippen LogP contribution in [0.3, 0.4) is 0 Å². The summed E-state index contributed by atoms with van der Waals surface area (Å²) in [6.45, 7) is 5.32. The summed E-state index contributed by atoms with van der Waals surface area (Å²) in [5.74, 6) is -0.0798. The summed E-state index contributed by atoms with van der Waals surface area (Å²) in [6, 6.07) is 12.6. The molecule has 0 aliphatic heterocycles. The van der Waals surface area contributed by atoms with Crippen LogP contribution in [-0.4, -0.2) is 30.2 Å². The number of aryl methyl sites for hydroxylation is 2. The number of benzene rings is 2. The number of carboxylic acid groups (broad SMARTS) is 1. The van der Waals surface area contributed by atoms with Gasteiger partial charge in [-0.15, -0.1) is 0 Å². The molecular formula is C20H23NO5. The normalized spacial score (nSPS) is 11.5. The number of carbonyl (C=O) groups excluding carboxylic acids is 1. The van der Waals surface area contributed by atoms with Gasteiger partial charge in [-0.05, 0) is 55.7 Å². The van der Waals surface area contributed by atoms with E-state index in [0.29, 0.717) is 11.5 Å². The van der Waals surface area contributed by atoms with Crippen molar-refractivity contribution in [3.8, 4) is 11.5 Å². The van der Waals surface area contributed by atoms with Crippen LogP contribution < -0.4 is 14.8 Å². The van der Waals surface area contributed by atoms with Crippen LogP contribution in [0.5, 0.6) is 11.5 Å². The molecular weight excluding hydrogens is 334 g/mol. The first-order valence-corrected chi connectivity index (χ1v) is 8.29. The number of carboxylic acids is 1. The van der Waals surface area contributed by atoms with E-state index in [4.69, 9.17) is 14.6 Å². The lowest BCUT2D eigenvalue weighted by Gasteiger charge is -2.16. The predicted molar refractivity (Wildman–Crippen MR) is 97.5 cm³/mol. The maximum Gasteiger partial charge on any atom is 0.341 e. The lowest BCUT2D eigenvalue weighted by Crippen LogP contribution is -2.31. The molecule has 0 aromatic heterocycles. The van der Waals surface area contributed by atoms with E-state index in [2.05, 4.69) is 5.32 Å². The number of nitrogens with one attached hydrogen (secondary N) is 1. The average Bonchev–Trinajstić information content (AvgIpc) is 2.61. The van der Waals surface area contributed by atoms with Crippen molar-refractivity contribution in [3.63, 3.8) is 0 Å². The molecule has 0 aliphatic carbocycles. The molecule has 0 spiro atoms. The number of hydrogen-bond acceptors (Lipinski definition) is 4. The topological polar surface area (TPSA) is 84.9 Å². The summed E-state index contributed by atoms with van der Waals surface area (Å²) in [5.41, 5.74) is 2.94. The number of hydrogen-bond donors (Lipinski definition) is 2. The summed E-state index contributed by atoms with van der Waals surface area (Å²) in [4.78, 5) is 22.6. The highest BCUT2D eigenvalue weighted by Crippen LogP contribution is 2.20. The van der Waals surface area contributed by atoms with Gasteiger partial charge >= 0.3 is 5.97 Å². The number of rotatable bonds is 8. The number of aliphatic carboxylic acids is 1. The van der Waals surface area contributed by atoms with Crippen molar-refractivity contribution in [2.24, 2.45) is 0 Å². The fourth-order valence-electron chi connectivity index (χ4n) is 2.37. The van der Waals surface area contributed by atoms with E-state index in [1.165, 1.54) is 0 Å². The number of ether oxygens (including phenoxy) is 2. The average molecular weight is 357 g/mol. The van der Waals surface area contributed by atoms with Crippen LogP contribution in [0.2, 0.25) is 0 Å². The zero-order chi connectivity index (χ0) is 19.1. The van der Waals surface area contributed by atoms with Crippen LogP contribution in [-0.2, 0) is 9.59 Å². The minimum atomic E-state index is -1.03. The van der Waals surface area contributed by atoms with Crippen molar-refractivity contribution in [3.05, 3.63) is 59.2 Å². The maximum absolute atomic E-state index is 12.1. The Morgan fingerprint density at radius 2 is 1.73 bits per heavy atom. The summed E-state index contributed by atoms with van der Waals surface area (Å²) >= 11 is 0. The minimum absolute atomic E-state index is 0.0611. The first-order valence-electron chi connectivity index (χ1n) is 8.29. The smallest absolute Gasteiger partial charge is 0.341 e. The Hall–Kier alpha value is -3.02. The van der Waals surface area contributed by atoms with Gasteiger partial charge in [-0.2, -0.15) is 0 Å². The standard InChI is InChI=1S/C20H23NO5/c1-13-4-5-14(2)18(10-13)26-11-19(22)21-15(3)16-6-8-17(9-7-16)25-12-20(23)24/h4-10,15H,11-12H2,1-3H3,(H,21,22)(H,23,24). The molecule has 26 heavy (non-hydrogen) atoms. The second kappa shape index (κ2) is 8.89. The van der Waals surface area contributed by atoms with Gasteiger partial charge in [-0.1, -0.05) is 24.3 Å². The first-order chi connectivity index (χ1) is 12.3. The number of amides is 1. The number of carbonyl (C=O) groups is 2. The second-order valence-corrected chi connectivity index (χ2v) is 6.10. The molecule has 1 atom stereocenters. The monoisotopic (exact) mass is 357 g/mol. The third kappa shape index (κ3) is 5.81. The Morgan fingerprint density at radius 3 is 2.38 bits per heavy atom. The Morgan fingerprint density at radius 1 is 1.04 bits per heavy atom. The van der Waals surface area contributed by atoms with Crippen molar-refractivity contribution in [2.45, 2.75) is 26.8 Å². The quantitative estimate of drug-likeness (QED) is 0.759. The van der Waals surface area contributed by atoms with Gasteiger partial charge in [0.05, 0.1) is 6.04 Å². The van der Waals surface area contributed by atoms with E-state index in [0.717, 1.165) is 16.7 Å². The molecule has 1 unspecified atom stereocenters. The summed E-state index contributed by atoms with van der Waals surface area (Å²) in [5, 5.41) is 11.5. The summed E-state index contributed by atoms with van der Waals surface area (Å²) in [6.07, 6.45) is 0. The van der Waals surface area contributed by atoms with Gasteiger partial charge in [-0.3, -0.25) is 4.79 Å². The zero-order valence-electron chi connectivity index (χ0n) is 15.1. The second-order valence-electron chi connectivity index (χ2n) is 6.10. The molecule has 2 N–H and O–H groups in total. The Bertz CT molecular complexity index is 770. The molecule has 6 heteroatoms. The molecule has 0 saturated carbocycles. The van der Waals surface area contributed by atoms with Crippen LogP contribution in [0.1, 0.15) is 29.7 Å². The highest BCUT2D eigenvalue weighted by Gasteiger charge is 2.11. The van der Waals surface area contributed by atoms with E-state index in [1.807, 2.05) is 39.0 Å². The van der Waals surface area contributed by atoms with E-state index in [1.54, 1.807) is 24.3 Å². The molecule has 0 bridgehead atoms. The van der Waals surface area contributed by atoms with E-state index in [9.17, 15) is 9.59 Å². The van der Waals surface area contributed by atoms with Crippen LogP contribution in [0, 0.1) is 13.8 Å². The van der Waals surface area contributed by atoms with Crippen molar-refractivity contribution in [1.82, 2.24) is 5.32 Å². The van der Waals surface area contributed by atoms with Gasteiger partial charge in [0.1, 0.15) is 11.5 Å². The molecule has 0 heterocycles. The van der Waals surface area contributed by atoms with Gasteiger partial charge < -0.3 is 19.9 Å². The molecule has 138 valence electrons. The van der Waals surface area contributed by atoms with Gasteiger partial charge in [0.15, 0.2) is 13.2 Å². The third-order valence-electron chi connectivity index (χ3n) is 3.82. The molecule has 2 aromatic rings. The van der Waals surface area contributed by atoms with E-state index in [-0.39, 0.29) is 25.2 Å². The minimum Gasteiger partial charge on any atom is -0.483 e. The lowest BCUT2D eigenvalue weighted by atomic mass is 10.1. The van der Waals surface area contributed by atoms with Crippen LogP contribution >= 0.6 is 0 Å². The van der Waals surface area contributed by atoms with Crippen molar-refractivity contribution < 1.29 is 24.2 Å². The zero-order valence-corrected chi connectivity index (χ0v) is 15.1. The van der Waals surface area contributed by atoms with Crippen LogP contribution in [0.25, 0.3) is 0 Å². The lowest BCUT2D eigenvalue weighted by molar-refractivity contribution is -0.139. The van der Waals surface area contributed by atoms with Gasteiger partial charge in [0.25, 0.3) is 5.91 Å². The highest BCUT2D eigenvalue weighted by atomic mass is 16.5. The molecule has 0 fully saturated rings. The summed E-state index contributed by atoms with van der Waals surface area (Å²) < 4.78 is 10.7. The van der Waals surface area contributed by atoms with Crippen molar-refractivity contribution in [2.75, 3.05) is 13.2 Å². The highest BCUT2D eigenvalue weighted by molar-refractivity contribution is 5.78. The SMILES string of the molecule is Cc1ccc(C)c(OCC(=O)NC(C)c2ccc(OCC(=O)O)cc2)c1. The molecule has 6 nitrogen and oxygen atoms in total. The van der Waals surface area contributed by atoms with E-state index >= 15 is 0 Å². The largest absolute Gasteiger partial charge is 0.483 e. The van der Waals surface area contributed by atoms with Crippen molar-refractivity contribution >= 4 is 11.9 Å². The molecule has 0 saturated heterocycles. The molecule has 0 radical (unpaired) electrons. The molecule has 0 aliphatic rings. The summed E-state index contributed by atoms with van der Waals surface area (Å²) in [7, 11) is 0. The molecule has 2 aromatic carbocycles. The predicted octanol–water partition coefficient (Wildman–Crippen LogP) is 3.02. The Labute approximate surface area is 152 Å². The van der Waals surface area contributed by atoms with Gasteiger partial charge in [0, 0.05) is 0 Å². The first kappa shape index (κ1) is 19.3. The Balaban J connectivity index is 1.86. The fourth-order valence-corrected chi connectivity index (χ4v) is 2.37. The third-order valence-corrected chi connectivity index (χ3v) is 3.82. The Kier molecular flexibility index (Phi) is 6.60. The van der Waals surface area contributed by atoms with Crippen LogP contribution in [0.15, 0.2) is 42.5 Å². The maximum atomic E-state index is 12.1. The van der Waals surface area contributed by atoms with E-state index < -0.39 is 5.97 Å². The fraction of sp³-hybridized carbons (Fsp3) is 0.300. The van der Waals surface area contributed by atoms with Crippen molar-refractivity contribution in [1.29, 1.82) is 0 Å². The molecule has 2 rings (SSSR count).